The van der Waals surface area contributed by atoms with E-state index in [0.717, 1.165) is 44.1 Å². The summed E-state index contributed by atoms with van der Waals surface area (Å²) >= 11 is 0. The van der Waals surface area contributed by atoms with E-state index in [1.54, 1.807) is 0 Å². The molecule has 2 heterocycles. The van der Waals surface area contributed by atoms with Crippen LogP contribution in [0.4, 0.5) is 0 Å². The molecule has 30 heavy (non-hydrogen) atoms. The van der Waals surface area contributed by atoms with Crippen molar-refractivity contribution in [3.63, 3.8) is 0 Å². The summed E-state index contributed by atoms with van der Waals surface area (Å²) in [5.41, 5.74) is 2.49. The van der Waals surface area contributed by atoms with Crippen LogP contribution >= 0.6 is 0 Å². The van der Waals surface area contributed by atoms with Crippen LogP contribution in [0.3, 0.4) is 0 Å². The highest BCUT2D eigenvalue weighted by molar-refractivity contribution is 8.00. The molecule has 162 valence electrons. The molecule has 2 fully saturated rings. The Morgan fingerprint density at radius 1 is 1.00 bits per heavy atom. The van der Waals surface area contributed by atoms with Crippen LogP contribution in [0.1, 0.15) is 63.0 Å². The average Bonchev–Trinajstić information content (AvgIpc) is 2.99. The van der Waals surface area contributed by atoms with Gasteiger partial charge in [0.1, 0.15) is 10.7 Å². The number of hydrogen-bond donors (Lipinski definition) is 1. The number of hydrogen-bond acceptors (Lipinski definition) is 4. The summed E-state index contributed by atoms with van der Waals surface area (Å²) in [4.78, 5) is 14.9. The van der Waals surface area contributed by atoms with Gasteiger partial charge in [-0.25, -0.2) is 0 Å². The summed E-state index contributed by atoms with van der Waals surface area (Å²) in [5, 5.41) is 3.23. The number of rotatable bonds is 3. The van der Waals surface area contributed by atoms with Gasteiger partial charge >= 0.3 is 0 Å². The number of amides is 1. The predicted molar refractivity (Wildman–Crippen MR) is 119 cm³/mol. The molecule has 3 aliphatic rings. The Hall–Kier alpha value is -2.15. The third-order valence-electron chi connectivity index (χ3n) is 6.57. The molecular formula is C23H31N3O3S. The van der Waals surface area contributed by atoms with E-state index in [1.165, 1.54) is 6.42 Å². The summed E-state index contributed by atoms with van der Waals surface area (Å²) in [6.45, 7) is 5.22. The van der Waals surface area contributed by atoms with Crippen LogP contribution in [0.5, 0.6) is 0 Å². The van der Waals surface area contributed by atoms with Gasteiger partial charge in [0.25, 0.3) is 10.0 Å². The molecule has 1 saturated heterocycles. The van der Waals surface area contributed by atoms with Crippen molar-refractivity contribution in [2.75, 3.05) is 13.1 Å². The van der Waals surface area contributed by atoms with Gasteiger partial charge in [-0.15, -0.1) is 4.40 Å². The summed E-state index contributed by atoms with van der Waals surface area (Å²) in [6.07, 6.45) is 7.18. The Kier molecular flexibility index (Phi) is 6.00. The zero-order chi connectivity index (χ0) is 21.3. The van der Waals surface area contributed by atoms with Crippen molar-refractivity contribution in [1.82, 2.24) is 10.2 Å². The minimum atomic E-state index is -3.69. The van der Waals surface area contributed by atoms with Gasteiger partial charge in [0.05, 0.1) is 0 Å². The van der Waals surface area contributed by atoms with Crippen LogP contribution in [0, 0.1) is 12.8 Å². The summed E-state index contributed by atoms with van der Waals surface area (Å²) in [6, 6.07) is 7.69. The number of nitrogens with zero attached hydrogens (tertiary/aromatic N) is 2. The van der Waals surface area contributed by atoms with Crippen LogP contribution in [-0.4, -0.2) is 44.2 Å². The average molecular weight is 430 g/mol. The van der Waals surface area contributed by atoms with Crippen molar-refractivity contribution in [3.8, 4) is 0 Å². The van der Waals surface area contributed by atoms with Crippen molar-refractivity contribution < 1.29 is 13.2 Å². The molecule has 1 saturated carbocycles. The smallest absolute Gasteiger partial charge is 0.285 e. The number of amidine groups is 1. The molecule has 2 aliphatic heterocycles. The van der Waals surface area contributed by atoms with Crippen LogP contribution in [0.25, 0.3) is 4.91 Å². The third kappa shape index (κ3) is 4.31. The fourth-order valence-electron chi connectivity index (χ4n) is 4.81. The molecule has 1 aromatic carbocycles. The second-order valence-corrected chi connectivity index (χ2v) is 10.4. The lowest BCUT2D eigenvalue weighted by Crippen LogP contribution is -2.48. The topological polar surface area (TPSA) is 78.8 Å². The van der Waals surface area contributed by atoms with Crippen molar-refractivity contribution in [3.05, 3.63) is 41.0 Å². The maximum absolute atomic E-state index is 12.8. The number of carbonyl (C=O) groups excluding carboxylic acids is 1. The second kappa shape index (κ2) is 8.53. The van der Waals surface area contributed by atoms with Crippen LogP contribution in [-0.2, 0) is 14.8 Å². The van der Waals surface area contributed by atoms with Gasteiger partial charge in [-0.1, -0.05) is 49.1 Å². The van der Waals surface area contributed by atoms with E-state index in [0.29, 0.717) is 35.0 Å². The molecule has 1 aromatic rings. The number of aryl methyl sites for hydroxylation is 1. The number of piperidine rings is 1. The molecule has 1 amide bonds. The van der Waals surface area contributed by atoms with Crippen molar-refractivity contribution >= 4 is 26.7 Å². The Labute approximate surface area is 179 Å². The fraction of sp³-hybridized carbons (Fsp3) is 0.565. The molecule has 0 unspecified atom stereocenters. The largest absolute Gasteiger partial charge is 0.356 e. The first-order chi connectivity index (χ1) is 14.3. The Morgan fingerprint density at radius 2 is 1.63 bits per heavy atom. The first-order valence-electron chi connectivity index (χ1n) is 11.0. The molecule has 1 N–H and O–H groups in total. The first-order valence-corrected chi connectivity index (χ1v) is 12.5. The first kappa shape index (κ1) is 21.1. The Morgan fingerprint density at radius 3 is 2.27 bits per heavy atom. The van der Waals surface area contributed by atoms with Gasteiger partial charge in [0.2, 0.25) is 5.91 Å². The zero-order valence-electron chi connectivity index (χ0n) is 17.9. The lowest BCUT2D eigenvalue weighted by Gasteiger charge is -2.34. The lowest BCUT2D eigenvalue weighted by atomic mass is 9.88. The molecule has 7 heteroatoms. The minimum absolute atomic E-state index is 0.162. The van der Waals surface area contributed by atoms with Crippen molar-refractivity contribution in [2.24, 2.45) is 10.3 Å². The van der Waals surface area contributed by atoms with E-state index >= 15 is 0 Å². The summed E-state index contributed by atoms with van der Waals surface area (Å²) in [7, 11) is -3.69. The van der Waals surface area contributed by atoms with Gasteiger partial charge in [-0.3, -0.25) is 4.79 Å². The van der Waals surface area contributed by atoms with Gasteiger partial charge in [-0.05, 0) is 45.1 Å². The summed E-state index contributed by atoms with van der Waals surface area (Å²) in [5.74, 6) is 0.928. The number of benzene rings is 1. The van der Waals surface area contributed by atoms with Gasteiger partial charge in [0, 0.05) is 30.6 Å². The van der Waals surface area contributed by atoms with Crippen LogP contribution in [0.2, 0.25) is 0 Å². The number of sulfonamides is 1. The van der Waals surface area contributed by atoms with E-state index in [4.69, 9.17) is 0 Å². The third-order valence-corrected chi connectivity index (χ3v) is 8.04. The normalized spacial score (nSPS) is 22.9. The number of likely N-dealkylation sites (tertiary alicyclic amines) is 1. The molecule has 0 aromatic heterocycles. The predicted octanol–water partition coefficient (Wildman–Crippen LogP) is 3.63. The van der Waals surface area contributed by atoms with E-state index in [9.17, 15) is 13.2 Å². The summed E-state index contributed by atoms with van der Waals surface area (Å²) < 4.78 is 29.7. The monoisotopic (exact) mass is 429 g/mol. The van der Waals surface area contributed by atoms with Crippen LogP contribution < -0.4 is 5.32 Å². The van der Waals surface area contributed by atoms with Gasteiger partial charge in [0.15, 0.2) is 0 Å². The molecule has 1 aliphatic carbocycles. The van der Waals surface area contributed by atoms with Crippen LogP contribution in [0.15, 0.2) is 34.2 Å². The lowest BCUT2D eigenvalue weighted by molar-refractivity contribution is -0.126. The quantitative estimate of drug-likeness (QED) is 0.796. The molecule has 0 bridgehead atoms. The Balaban J connectivity index is 1.42. The van der Waals surface area contributed by atoms with Gasteiger partial charge in [-0.2, -0.15) is 8.42 Å². The number of carbonyl (C=O) groups is 1. The molecular weight excluding hydrogens is 398 g/mol. The van der Waals surface area contributed by atoms with Gasteiger partial charge < -0.3 is 10.2 Å². The second-order valence-electron chi connectivity index (χ2n) is 8.81. The maximum Gasteiger partial charge on any atom is 0.285 e. The van der Waals surface area contributed by atoms with E-state index in [2.05, 4.69) is 14.6 Å². The molecule has 4 rings (SSSR count). The van der Waals surface area contributed by atoms with Crippen molar-refractivity contribution in [2.45, 2.75) is 64.8 Å². The SMILES string of the molecule is CC1=C(c2ccc(C)cc2)S(=O)(=O)N=C1N1CCC(NC(=O)C2CCCCC2)CC1. The molecule has 6 nitrogen and oxygen atoms in total. The highest BCUT2D eigenvalue weighted by atomic mass is 32.2. The molecule has 0 radical (unpaired) electrons. The van der Waals surface area contributed by atoms with Crippen molar-refractivity contribution in [1.29, 1.82) is 0 Å². The highest BCUT2D eigenvalue weighted by Gasteiger charge is 2.35. The minimum Gasteiger partial charge on any atom is -0.356 e. The van der Waals surface area contributed by atoms with E-state index < -0.39 is 10.0 Å². The Bertz CT molecular complexity index is 965. The highest BCUT2D eigenvalue weighted by Crippen LogP contribution is 2.34. The maximum atomic E-state index is 12.8. The molecule has 0 spiro atoms. The zero-order valence-corrected chi connectivity index (χ0v) is 18.7. The van der Waals surface area contributed by atoms with E-state index in [-0.39, 0.29) is 17.9 Å². The fourth-order valence-corrected chi connectivity index (χ4v) is 6.29. The van der Waals surface area contributed by atoms with E-state index in [1.807, 2.05) is 38.1 Å². The number of nitrogens with one attached hydrogen (secondary N) is 1. The standard InChI is InChI=1S/C23H31N3O3S/c1-16-8-10-18(11-9-16)21-17(2)22(25-30(21,28)29)26-14-12-20(13-15-26)24-23(27)19-6-4-3-5-7-19/h8-11,19-20H,3-7,12-15H2,1-2H3,(H,24,27). The molecule has 0 atom stereocenters.